The molecule has 0 unspecified atom stereocenters. The van der Waals surface area contributed by atoms with Gasteiger partial charge in [0.1, 0.15) is 5.60 Å². The van der Waals surface area contributed by atoms with Crippen molar-refractivity contribution in [3.05, 3.63) is 17.3 Å². The smallest absolute Gasteiger partial charge is 0.410 e. The fourth-order valence-electron chi connectivity index (χ4n) is 4.02. The van der Waals surface area contributed by atoms with Crippen LogP contribution in [-0.2, 0) is 4.74 Å². The molecule has 6 nitrogen and oxygen atoms in total. The van der Waals surface area contributed by atoms with Crippen LogP contribution in [0, 0.1) is 17.7 Å². The number of hydrogen-bond acceptors (Lipinski definition) is 5. The van der Waals surface area contributed by atoms with Crippen molar-refractivity contribution in [2.75, 3.05) is 31.1 Å². The summed E-state index contributed by atoms with van der Waals surface area (Å²) in [5, 5.41) is 0.0723. The summed E-state index contributed by atoms with van der Waals surface area (Å²) in [7, 11) is 0. The summed E-state index contributed by atoms with van der Waals surface area (Å²) >= 11 is 5.81. The van der Waals surface area contributed by atoms with Crippen LogP contribution in [-0.4, -0.2) is 52.7 Å². The highest BCUT2D eigenvalue weighted by Gasteiger charge is 2.33. The first kappa shape index (κ1) is 23.6. The summed E-state index contributed by atoms with van der Waals surface area (Å²) in [6.45, 7) is 12.7. The Morgan fingerprint density at radius 1 is 1.10 bits per heavy atom. The Morgan fingerprint density at radius 2 is 1.62 bits per heavy atom. The van der Waals surface area contributed by atoms with Gasteiger partial charge >= 0.3 is 6.09 Å². The topological polar surface area (TPSA) is 58.6 Å². The second kappa shape index (κ2) is 10.4. The molecule has 0 spiro atoms. The number of carbonyl (C=O) groups excluding carboxylic acids is 1. The van der Waals surface area contributed by atoms with Crippen molar-refractivity contribution in [1.29, 1.82) is 0 Å². The lowest BCUT2D eigenvalue weighted by molar-refractivity contribution is 0.0152. The summed E-state index contributed by atoms with van der Waals surface area (Å²) in [4.78, 5) is 23.7. The van der Waals surface area contributed by atoms with Gasteiger partial charge in [0.25, 0.3) is 0 Å². The molecular formula is C21H34ClFN4O2. The van der Waals surface area contributed by atoms with E-state index in [4.69, 9.17) is 16.3 Å². The van der Waals surface area contributed by atoms with Gasteiger partial charge in [0.05, 0.1) is 6.20 Å². The van der Waals surface area contributed by atoms with Crippen LogP contribution in [0.15, 0.2) is 6.20 Å². The molecule has 2 aliphatic heterocycles. The Hall–Kier alpha value is -1.63. The molecule has 1 aromatic rings. The second-order valence-electron chi connectivity index (χ2n) is 8.44. The molecule has 2 saturated heterocycles. The molecule has 1 amide bonds. The second-order valence-corrected chi connectivity index (χ2v) is 8.78. The maximum absolute atomic E-state index is 14.0. The lowest BCUT2D eigenvalue weighted by atomic mass is 9.79. The van der Waals surface area contributed by atoms with E-state index in [-0.39, 0.29) is 11.4 Å². The molecule has 0 aromatic carbocycles. The van der Waals surface area contributed by atoms with Gasteiger partial charge in [0, 0.05) is 26.2 Å². The van der Waals surface area contributed by atoms with Crippen LogP contribution in [0.2, 0.25) is 5.28 Å². The van der Waals surface area contributed by atoms with E-state index in [1.165, 1.54) is 0 Å². The van der Waals surface area contributed by atoms with Gasteiger partial charge in [-0.2, -0.15) is 4.98 Å². The van der Waals surface area contributed by atoms with Crippen molar-refractivity contribution in [2.45, 2.75) is 65.9 Å². The van der Waals surface area contributed by atoms with E-state index in [1.54, 1.807) is 0 Å². The minimum atomic E-state index is -0.458. The molecular weight excluding hydrogens is 395 g/mol. The number of amides is 1. The maximum Gasteiger partial charge on any atom is 0.410 e. The zero-order valence-corrected chi connectivity index (χ0v) is 19.0. The molecule has 3 rings (SSSR count). The highest BCUT2D eigenvalue weighted by Crippen LogP contribution is 2.34. The Kier molecular flexibility index (Phi) is 8.49. The molecule has 29 heavy (non-hydrogen) atoms. The van der Waals surface area contributed by atoms with Crippen molar-refractivity contribution in [3.8, 4) is 0 Å². The normalized spacial score (nSPS) is 18.9. The highest BCUT2D eigenvalue weighted by atomic mass is 35.5. The first-order valence-electron chi connectivity index (χ1n) is 10.6. The molecule has 0 radical (unpaired) electrons. The Morgan fingerprint density at radius 3 is 2.14 bits per heavy atom. The lowest BCUT2D eigenvalue weighted by Gasteiger charge is -2.40. The van der Waals surface area contributed by atoms with E-state index < -0.39 is 11.4 Å². The average Bonchev–Trinajstić information content (AvgIpc) is 2.70. The molecule has 0 N–H and O–H groups in total. The van der Waals surface area contributed by atoms with Gasteiger partial charge in [0.15, 0.2) is 11.6 Å². The Balaban J connectivity index is 0.00000145. The average molecular weight is 429 g/mol. The maximum atomic E-state index is 14.0. The van der Waals surface area contributed by atoms with Gasteiger partial charge in [-0.1, -0.05) is 13.8 Å². The molecule has 0 bridgehead atoms. The molecule has 0 saturated carbocycles. The van der Waals surface area contributed by atoms with Crippen molar-refractivity contribution in [2.24, 2.45) is 11.8 Å². The Labute approximate surface area is 178 Å². The zero-order valence-electron chi connectivity index (χ0n) is 18.3. The minimum Gasteiger partial charge on any atom is -0.444 e. The van der Waals surface area contributed by atoms with Crippen LogP contribution in [0.1, 0.15) is 60.3 Å². The summed E-state index contributed by atoms with van der Waals surface area (Å²) < 4.78 is 19.4. The zero-order chi connectivity index (χ0) is 21.6. The minimum absolute atomic E-state index is 0.0723. The molecule has 2 fully saturated rings. The van der Waals surface area contributed by atoms with E-state index in [0.29, 0.717) is 17.7 Å². The van der Waals surface area contributed by atoms with Crippen molar-refractivity contribution in [1.82, 2.24) is 14.9 Å². The number of rotatable bonds is 2. The molecule has 1 aromatic heterocycles. The first-order valence-corrected chi connectivity index (χ1v) is 11.0. The van der Waals surface area contributed by atoms with E-state index in [0.717, 1.165) is 58.1 Å². The first-order chi connectivity index (χ1) is 13.7. The SMILES string of the molecule is CC.CC(C)(C)OC(=O)N1CCC(C2CCN(c3nc(Cl)ncc3F)CC2)CC1. The lowest BCUT2D eigenvalue weighted by Crippen LogP contribution is -2.44. The molecule has 0 atom stereocenters. The number of piperidine rings is 2. The third-order valence-electron chi connectivity index (χ3n) is 5.39. The fraction of sp³-hybridized carbons (Fsp3) is 0.762. The van der Waals surface area contributed by atoms with Crippen LogP contribution >= 0.6 is 11.6 Å². The van der Waals surface area contributed by atoms with Gasteiger partial charge in [-0.3, -0.25) is 0 Å². The van der Waals surface area contributed by atoms with E-state index in [9.17, 15) is 9.18 Å². The number of aromatic nitrogens is 2. The number of nitrogens with zero attached hydrogens (tertiary/aromatic N) is 4. The molecule has 3 heterocycles. The molecule has 8 heteroatoms. The summed E-state index contributed by atoms with van der Waals surface area (Å²) in [5.74, 6) is 1.07. The summed E-state index contributed by atoms with van der Waals surface area (Å²) in [5.41, 5.74) is -0.458. The third kappa shape index (κ3) is 6.69. The Bertz CT molecular complexity index is 667. The molecule has 164 valence electrons. The van der Waals surface area contributed by atoms with Crippen LogP contribution in [0.4, 0.5) is 15.0 Å². The van der Waals surface area contributed by atoms with Crippen LogP contribution in [0.5, 0.6) is 0 Å². The van der Waals surface area contributed by atoms with Gasteiger partial charge in [-0.05, 0) is 69.9 Å². The van der Waals surface area contributed by atoms with Gasteiger partial charge in [-0.15, -0.1) is 0 Å². The third-order valence-corrected chi connectivity index (χ3v) is 5.58. The van der Waals surface area contributed by atoms with E-state index >= 15 is 0 Å². The number of hydrogen-bond donors (Lipinski definition) is 0. The summed E-state index contributed by atoms with van der Waals surface area (Å²) in [6.07, 6.45) is 4.90. The largest absolute Gasteiger partial charge is 0.444 e. The number of halogens is 2. The number of anilines is 1. The number of likely N-dealkylation sites (tertiary alicyclic amines) is 1. The van der Waals surface area contributed by atoms with Crippen LogP contribution < -0.4 is 4.90 Å². The summed E-state index contributed by atoms with van der Waals surface area (Å²) in [6, 6.07) is 0. The molecule has 0 aliphatic carbocycles. The van der Waals surface area contributed by atoms with Gasteiger partial charge in [0.2, 0.25) is 5.28 Å². The van der Waals surface area contributed by atoms with Gasteiger partial charge in [-0.25, -0.2) is 14.2 Å². The monoisotopic (exact) mass is 428 g/mol. The molecule has 2 aliphatic rings. The predicted molar refractivity (Wildman–Crippen MR) is 114 cm³/mol. The van der Waals surface area contributed by atoms with Crippen LogP contribution in [0.25, 0.3) is 0 Å². The van der Waals surface area contributed by atoms with E-state index in [2.05, 4.69) is 9.97 Å². The number of ether oxygens (including phenoxy) is 1. The standard InChI is InChI=1S/C19H28ClFN4O2.C2H6/c1-19(2,3)27-18(26)25-10-6-14(7-11-25)13-4-8-24(9-5-13)16-15(21)12-22-17(20)23-16;1-2/h12-14H,4-11H2,1-3H3;1-2H3. The van der Waals surface area contributed by atoms with E-state index in [1.807, 2.05) is 44.4 Å². The fourth-order valence-corrected chi connectivity index (χ4v) is 4.15. The quantitative estimate of drug-likeness (QED) is 0.609. The van der Waals surface area contributed by atoms with Crippen molar-refractivity contribution in [3.63, 3.8) is 0 Å². The van der Waals surface area contributed by atoms with Crippen molar-refractivity contribution < 1.29 is 13.9 Å². The van der Waals surface area contributed by atoms with Gasteiger partial charge < -0.3 is 14.5 Å². The predicted octanol–water partition coefficient (Wildman–Crippen LogP) is 5.16. The highest BCUT2D eigenvalue weighted by molar-refractivity contribution is 6.28. The van der Waals surface area contributed by atoms with Crippen LogP contribution in [0.3, 0.4) is 0 Å². The number of carbonyl (C=O) groups is 1. The van der Waals surface area contributed by atoms with Crippen molar-refractivity contribution >= 4 is 23.5 Å².